The Morgan fingerprint density at radius 2 is 1.73 bits per heavy atom. The lowest BCUT2D eigenvalue weighted by atomic mass is 9.78. The average molecular weight is 429 g/mol. The van der Waals surface area contributed by atoms with Gasteiger partial charge >= 0.3 is 5.97 Å². The number of carboxylic acids is 1. The highest BCUT2D eigenvalue weighted by atomic mass is 35.5. The van der Waals surface area contributed by atoms with E-state index in [4.69, 9.17) is 11.6 Å². The monoisotopic (exact) mass is 428 g/mol. The minimum atomic E-state index is -0.999. The smallest absolute Gasteiger partial charge is 0.338 e. The second kappa shape index (κ2) is 9.27. The topological polar surface area (TPSA) is 64.3 Å². The molecule has 0 saturated carbocycles. The number of aliphatic carboxylic acids is 1. The quantitative estimate of drug-likeness (QED) is 0.559. The van der Waals surface area contributed by atoms with Gasteiger partial charge in [-0.15, -0.1) is 0 Å². The second-order valence-electron chi connectivity index (χ2n) is 9.82. The zero-order chi connectivity index (χ0) is 22.8. The van der Waals surface area contributed by atoms with Crippen LogP contribution in [0.3, 0.4) is 0 Å². The van der Waals surface area contributed by atoms with E-state index in [2.05, 4.69) is 59.4 Å². The van der Waals surface area contributed by atoms with Gasteiger partial charge in [-0.2, -0.15) is 5.26 Å². The maximum Gasteiger partial charge on any atom is 0.338 e. The Morgan fingerprint density at radius 3 is 2.13 bits per heavy atom. The molecule has 1 heterocycles. The SMILES string of the molecule is CC(C)CC1=C(C(=O)O)C(c2ccc(Cl)cc2)=C(C#N)C(CC(C)C)N1C(C)(C)C. The van der Waals surface area contributed by atoms with Gasteiger partial charge in [-0.25, -0.2) is 4.79 Å². The largest absolute Gasteiger partial charge is 0.478 e. The Balaban J connectivity index is 2.96. The van der Waals surface area contributed by atoms with Gasteiger partial charge in [-0.3, -0.25) is 0 Å². The molecule has 0 radical (unpaired) electrons. The van der Waals surface area contributed by atoms with Crippen LogP contribution in [-0.2, 0) is 4.79 Å². The maximum absolute atomic E-state index is 12.6. The molecule has 1 N–H and O–H groups in total. The molecule has 1 unspecified atom stereocenters. The predicted octanol–water partition coefficient (Wildman–Crippen LogP) is 6.53. The number of nitrogens with zero attached hydrogens (tertiary/aromatic N) is 2. The fourth-order valence-electron chi connectivity index (χ4n) is 4.29. The zero-order valence-corrected chi connectivity index (χ0v) is 19.8. The average Bonchev–Trinajstić information content (AvgIpc) is 2.59. The summed E-state index contributed by atoms with van der Waals surface area (Å²) >= 11 is 6.08. The molecular formula is C25H33ClN2O2. The Labute approximate surface area is 185 Å². The number of hydrogen-bond donors (Lipinski definition) is 1. The minimum absolute atomic E-state index is 0.183. The molecule has 0 saturated heterocycles. The standard InChI is InChI=1S/C25H33ClN2O2/c1-15(2)12-20-19(14-27)22(17-8-10-18(26)11-9-17)23(24(29)30)21(13-16(3)4)28(20)25(5,6)7/h8-11,15-16,20H,12-13H2,1-7H3,(H,29,30). The van der Waals surface area contributed by atoms with Gasteiger partial charge < -0.3 is 10.0 Å². The molecule has 0 aliphatic carbocycles. The minimum Gasteiger partial charge on any atom is -0.478 e. The first-order valence-corrected chi connectivity index (χ1v) is 10.9. The number of rotatable bonds is 6. The fraction of sp³-hybridized carbons (Fsp3) is 0.520. The van der Waals surface area contributed by atoms with Crippen LogP contribution in [0.5, 0.6) is 0 Å². The summed E-state index contributed by atoms with van der Waals surface area (Å²) in [7, 11) is 0. The number of nitriles is 1. The van der Waals surface area contributed by atoms with Crippen LogP contribution in [0.1, 0.15) is 66.9 Å². The maximum atomic E-state index is 12.6. The first kappa shape index (κ1) is 24.0. The second-order valence-corrected chi connectivity index (χ2v) is 10.3. The summed E-state index contributed by atoms with van der Waals surface area (Å²) in [5.74, 6) is -0.379. The molecule has 1 aromatic carbocycles. The third kappa shape index (κ3) is 5.08. The van der Waals surface area contributed by atoms with Gasteiger partial charge in [0.15, 0.2) is 0 Å². The van der Waals surface area contributed by atoms with Gasteiger partial charge in [0, 0.05) is 21.8 Å². The molecule has 0 amide bonds. The van der Waals surface area contributed by atoms with Crippen molar-refractivity contribution < 1.29 is 9.90 Å². The Kier molecular flexibility index (Phi) is 7.42. The third-order valence-corrected chi connectivity index (χ3v) is 5.48. The van der Waals surface area contributed by atoms with Crippen LogP contribution in [0.15, 0.2) is 41.1 Å². The number of allylic oxidation sites excluding steroid dienone is 1. The molecule has 30 heavy (non-hydrogen) atoms. The van der Waals surface area contributed by atoms with Gasteiger partial charge in [0.25, 0.3) is 0 Å². The van der Waals surface area contributed by atoms with Crippen molar-refractivity contribution in [3.8, 4) is 6.07 Å². The lowest BCUT2D eigenvalue weighted by molar-refractivity contribution is -0.132. The van der Waals surface area contributed by atoms with Gasteiger partial charge in [-0.1, -0.05) is 51.4 Å². The summed E-state index contributed by atoms with van der Waals surface area (Å²) in [4.78, 5) is 14.8. The van der Waals surface area contributed by atoms with E-state index in [1.54, 1.807) is 12.1 Å². The number of carbonyl (C=O) groups is 1. The van der Waals surface area contributed by atoms with Crippen LogP contribution in [0, 0.1) is 23.2 Å². The molecule has 5 heteroatoms. The molecule has 1 aliphatic rings. The van der Waals surface area contributed by atoms with Crippen molar-refractivity contribution in [2.24, 2.45) is 11.8 Å². The lowest BCUT2D eigenvalue weighted by Crippen LogP contribution is -2.51. The van der Waals surface area contributed by atoms with Gasteiger partial charge in [0.2, 0.25) is 0 Å². The van der Waals surface area contributed by atoms with Crippen LogP contribution in [-0.4, -0.2) is 27.6 Å². The van der Waals surface area contributed by atoms with Crippen molar-refractivity contribution in [1.82, 2.24) is 4.90 Å². The van der Waals surface area contributed by atoms with Crippen molar-refractivity contribution in [2.75, 3.05) is 0 Å². The molecule has 0 spiro atoms. The van der Waals surface area contributed by atoms with Crippen molar-refractivity contribution in [1.29, 1.82) is 5.26 Å². The molecule has 2 rings (SSSR count). The number of hydrogen-bond acceptors (Lipinski definition) is 3. The number of benzene rings is 1. The molecule has 1 atom stereocenters. The first-order valence-electron chi connectivity index (χ1n) is 10.5. The van der Waals surface area contributed by atoms with E-state index in [1.165, 1.54) is 0 Å². The predicted molar refractivity (Wildman–Crippen MR) is 123 cm³/mol. The first-order chi connectivity index (χ1) is 13.9. The fourth-order valence-corrected chi connectivity index (χ4v) is 4.42. The van der Waals surface area contributed by atoms with Gasteiger partial charge in [0.1, 0.15) is 0 Å². The van der Waals surface area contributed by atoms with E-state index < -0.39 is 5.97 Å². The summed E-state index contributed by atoms with van der Waals surface area (Å²) in [6.45, 7) is 14.7. The summed E-state index contributed by atoms with van der Waals surface area (Å²) < 4.78 is 0. The van der Waals surface area contributed by atoms with Crippen molar-refractivity contribution in [2.45, 2.75) is 72.9 Å². The molecule has 162 valence electrons. The highest BCUT2D eigenvalue weighted by molar-refractivity contribution is 6.30. The van der Waals surface area contributed by atoms with Crippen LogP contribution >= 0.6 is 11.6 Å². The van der Waals surface area contributed by atoms with E-state index in [9.17, 15) is 15.2 Å². The summed E-state index contributed by atoms with van der Waals surface area (Å²) in [5.41, 5.74) is 2.47. The molecular weight excluding hydrogens is 396 g/mol. The van der Waals surface area contributed by atoms with E-state index in [1.807, 2.05) is 12.1 Å². The van der Waals surface area contributed by atoms with Crippen molar-refractivity contribution in [3.63, 3.8) is 0 Å². The highest BCUT2D eigenvalue weighted by Gasteiger charge is 2.42. The molecule has 1 aromatic rings. The number of carboxylic acid groups (broad SMARTS) is 1. The Bertz CT molecular complexity index is 897. The highest BCUT2D eigenvalue weighted by Crippen LogP contribution is 2.45. The van der Waals surface area contributed by atoms with Gasteiger partial charge in [0.05, 0.1) is 23.3 Å². The van der Waals surface area contributed by atoms with Crippen LogP contribution in [0.4, 0.5) is 0 Å². The van der Waals surface area contributed by atoms with E-state index >= 15 is 0 Å². The molecule has 0 fully saturated rings. The zero-order valence-electron chi connectivity index (χ0n) is 19.1. The Morgan fingerprint density at radius 1 is 1.17 bits per heavy atom. The summed E-state index contributed by atoms with van der Waals surface area (Å²) in [6, 6.07) is 9.32. The van der Waals surface area contributed by atoms with Gasteiger partial charge in [-0.05, 0) is 63.1 Å². The normalized spacial score (nSPS) is 17.8. The Hall–Kier alpha value is -2.25. The molecule has 0 bridgehead atoms. The lowest BCUT2D eigenvalue weighted by Gasteiger charge is -2.49. The third-order valence-electron chi connectivity index (χ3n) is 5.23. The van der Waals surface area contributed by atoms with Crippen LogP contribution in [0.2, 0.25) is 5.02 Å². The van der Waals surface area contributed by atoms with E-state index in [0.717, 1.165) is 17.7 Å². The summed E-state index contributed by atoms with van der Waals surface area (Å²) in [6.07, 6.45) is 1.40. The summed E-state index contributed by atoms with van der Waals surface area (Å²) in [5, 5.41) is 21.1. The molecule has 4 nitrogen and oxygen atoms in total. The molecule has 0 aromatic heterocycles. The van der Waals surface area contributed by atoms with E-state index in [0.29, 0.717) is 28.5 Å². The van der Waals surface area contributed by atoms with Crippen LogP contribution in [0.25, 0.3) is 5.57 Å². The van der Waals surface area contributed by atoms with E-state index in [-0.39, 0.29) is 23.1 Å². The van der Waals surface area contributed by atoms with Crippen LogP contribution < -0.4 is 0 Å². The van der Waals surface area contributed by atoms with Crippen molar-refractivity contribution >= 4 is 23.1 Å². The number of halogens is 1. The van der Waals surface area contributed by atoms with Crippen molar-refractivity contribution in [3.05, 3.63) is 51.7 Å². The molecule has 1 aliphatic heterocycles.